The number of rotatable bonds is 6. The third-order valence-electron chi connectivity index (χ3n) is 3.84. The van der Waals surface area contributed by atoms with Crippen LogP contribution in [0.3, 0.4) is 0 Å². The zero-order valence-corrected chi connectivity index (χ0v) is 14.4. The molecule has 1 aromatic rings. The Kier molecular flexibility index (Phi) is 5.82. The fourth-order valence-corrected chi connectivity index (χ4v) is 4.48. The zero-order valence-electron chi connectivity index (χ0n) is 13.6. The Morgan fingerprint density at radius 1 is 1.35 bits per heavy atom. The van der Waals surface area contributed by atoms with Gasteiger partial charge in [-0.3, -0.25) is 4.79 Å². The van der Waals surface area contributed by atoms with E-state index >= 15 is 0 Å². The van der Waals surface area contributed by atoms with Crippen molar-refractivity contribution >= 4 is 21.8 Å². The molecule has 1 fully saturated rings. The van der Waals surface area contributed by atoms with E-state index in [1.165, 1.54) is 6.08 Å². The molecule has 1 heterocycles. The van der Waals surface area contributed by atoms with Gasteiger partial charge in [0.25, 0.3) is 0 Å². The molecule has 0 aliphatic carbocycles. The predicted octanol–water partition coefficient (Wildman–Crippen LogP) is 1.99. The monoisotopic (exact) mass is 337 g/mol. The van der Waals surface area contributed by atoms with Gasteiger partial charge in [0.15, 0.2) is 9.84 Å². The van der Waals surface area contributed by atoms with Crippen molar-refractivity contribution in [1.82, 2.24) is 4.90 Å². The van der Waals surface area contributed by atoms with Gasteiger partial charge in [0, 0.05) is 19.7 Å². The summed E-state index contributed by atoms with van der Waals surface area (Å²) < 4.78 is 28.3. The predicted molar refractivity (Wildman–Crippen MR) is 91.0 cm³/mol. The molecule has 1 saturated heterocycles. The first-order chi connectivity index (χ1) is 10.9. The third-order valence-corrected chi connectivity index (χ3v) is 5.68. The molecule has 0 aromatic heterocycles. The molecule has 0 unspecified atom stereocenters. The first kappa shape index (κ1) is 17.5. The molecule has 1 aliphatic rings. The zero-order chi connectivity index (χ0) is 16.9. The van der Waals surface area contributed by atoms with E-state index in [1.807, 2.05) is 31.2 Å². The Labute approximate surface area is 137 Å². The van der Waals surface area contributed by atoms with Gasteiger partial charge in [-0.05, 0) is 43.0 Å². The quantitative estimate of drug-likeness (QED) is 0.745. The van der Waals surface area contributed by atoms with Gasteiger partial charge in [-0.15, -0.1) is 0 Å². The second kappa shape index (κ2) is 7.64. The Hall–Kier alpha value is -1.82. The van der Waals surface area contributed by atoms with Gasteiger partial charge in [0.05, 0.1) is 18.1 Å². The second-order valence-corrected chi connectivity index (χ2v) is 8.05. The fourth-order valence-electron chi connectivity index (χ4n) is 2.63. The Morgan fingerprint density at radius 2 is 2.04 bits per heavy atom. The summed E-state index contributed by atoms with van der Waals surface area (Å²) in [5.74, 6) is 1.15. The molecule has 5 nitrogen and oxygen atoms in total. The van der Waals surface area contributed by atoms with Gasteiger partial charge in [-0.2, -0.15) is 0 Å². The van der Waals surface area contributed by atoms with E-state index in [1.54, 1.807) is 18.0 Å². The number of likely N-dealkylation sites (N-methyl/N-ethyl adjacent to an activating group) is 1. The van der Waals surface area contributed by atoms with Crippen molar-refractivity contribution in [2.75, 3.05) is 31.7 Å². The van der Waals surface area contributed by atoms with E-state index in [9.17, 15) is 13.2 Å². The molecule has 1 aliphatic heterocycles. The van der Waals surface area contributed by atoms with Crippen LogP contribution in [-0.4, -0.2) is 50.9 Å². The van der Waals surface area contributed by atoms with Crippen LogP contribution in [0.5, 0.6) is 5.75 Å². The molecule has 6 heteroatoms. The summed E-state index contributed by atoms with van der Waals surface area (Å²) in [4.78, 5) is 13.7. The molecular weight excluding hydrogens is 314 g/mol. The molecule has 126 valence electrons. The molecule has 2 rings (SSSR count). The number of benzene rings is 1. The van der Waals surface area contributed by atoms with Crippen LogP contribution in [0.25, 0.3) is 6.08 Å². The van der Waals surface area contributed by atoms with Crippen LogP contribution < -0.4 is 4.74 Å². The Balaban J connectivity index is 1.87. The molecule has 0 saturated carbocycles. The smallest absolute Gasteiger partial charge is 0.246 e. The minimum atomic E-state index is -2.90. The summed E-state index contributed by atoms with van der Waals surface area (Å²) in [6.07, 6.45) is 3.90. The van der Waals surface area contributed by atoms with Gasteiger partial charge in [0.1, 0.15) is 5.75 Å². The van der Waals surface area contributed by atoms with E-state index in [2.05, 4.69) is 0 Å². The molecule has 0 bridgehead atoms. The third kappa shape index (κ3) is 5.39. The molecule has 0 N–H and O–H groups in total. The Bertz CT molecular complexity index is 664. The molecule has 1 aromatic carbocycles. The normalized spacial score (nSPS) is 19.8. The summed E-state index contributed by atoms with van der Waals surface area (Å²) >= 11 is 0. The van der Waals surface area contributed by atoms with Crippen LogP contribution >= 0.6 is 0 Å². The van der Waals surface area contributed by atoms with Crippen LogP contribution in [0.15, 0.2) is 30.3 Å². The molecule has 0 radical (unpaired) electrons. The number of hydrogen-bond acceptors (Lipinski definition) is 4. The van der Waals surface area contributed by atoms with E-state index in [4.69, 9.17) is 4.74 Å². The second-order valence-electron chi connectivity index (χ2n) is 5.82. The number of ether oxygens (including phenoxy) is 1. The van der Waals surface area contributed by atoms with Gasteiger partial charge in [0.2, 0.25) is 5.91 Å². The van der Waals surface area contributed by atoms with E-state index in [0.717, 1.165) is 11.3 Å². The van der Waals surface area contributed by atoms with Crippen LogP contribution in [-0.2, 0) is 14.6 Å². The first-order valence-electron chi connectivity index (χ1n) is 7.76. The van der Waals surface area contributed by atoms with Gasteiger partial charge in [-0.1, -0.05) is 12.1 Å². The summed E-state index contributed by atoms with van der Waals surface area (Å²) in [6.45, 7) is 3.03. The largest absolute Gasteiger partial charge is 0.494 e. The number of hydrogen-bond donors (Lipinski definition) is 0. The summed E-state index contributed by atoms with van der Waals surface area (Å²) in [6, 6.07) is 7.50. The summed E-state index contributed by atoms with van der Waals surface area (Å²) in [5, 5.41) is 0. The van der Waals surface area contributed by atoms with Gasteiger partial charge in [-0.25, -0.2) is 8.42 Å². The van der Waals surface area contributed by atoms with Gasteiger partial charge >= 0.3 is 0 Å². The lowest BCUT2D eigenvalue weighted by Gasteiger charge is -2.18. The van der Waals surface area contributed by atoms with Crippen molar-refractivity contribution < 1.29 is 17.9 Å². The van der Waals surface area contributed by atoms with Gasteiger partial charge < -0.3 is 9.64 Å². The first-order valence-corrected chi connectivity index (χ1v) is 9.58. The van der Waals surface area contributed by atoms with Crippen LogP contribution in [0.4, 0.5) is 0 Å². The maximum atomic E-state index is 12.1. The van der Waals surface area contributed by atoms with Crippen molar-refractivity contribution in [2.45, 2.75) is 13.3 Å². The fraction of sp³-hybridized carbons (Fsp3) is 0.471. The lowest BCUT2D eigenvalue weighted by molar-refractivity contribution is -0.125. The summed E-state index contributed by atoms with van der Waals surface area (Å²) in [7, 11) is -1.19. The average molecular weight is 337 g/mol. The van der Waals surface area contributed by atoms with Crippen molar-refractivity contribution in [3.05, 3.63) is 35.9 Å². The van der Waals surface area contributed by atoms with E-state index < -0.39 is 9.84 Å². The molecule has 1 amide bonds. The molecule has 1 atom stereocenters. The van der Waals surface area contributed by atoms with Crippen molar-refractivity contribution in [3.63, 3.8) is 0 Å². The minimum Gasteiger partial charge on any atom is -0.494 e. The lowest BCUT2D eigenvalue weighted by Crippen LogP contribution is -2.31. The summed E-state index contributed by atoms with van der Waals surface area (Å²) in [5.41, 5.74) is 0.915. The van der Waals surface area contributed by atoms with E-state index in [0.29, 0.717) is 19.6 Å². The topological polar surface area (TPSA) is 63.7 Å². The van der Waals surface area contributed by atoms with Crippen LogP contribution in [0.1, 0.15) is 18.9 Å². The highest BCUT2D eigenvalue weighted by Crippen LogP contribution is 2.19. The van der Waals surface area contributed by atoms with Crippen molar-refractivity contribution in [1.29, 1.82) is 0 Å². The number of sulfone groups is 1. The molecule has 0 spiro atoms. The van der Waals surface area contributed by atoms with Crippen LogP contribution in [0.2, 0.25) is 0 Å². The van der Waals surface area contributed by atoms with Crippen molar-refractivity contribution in [2.24, 2.45) is 5.92 Å². The van der Waals surface area contributed by atoms with E-state index in [-0.39, 0.29) is 23.3 Å². The number of carbonyl (C=O) groups is 1. The van der Waals surface area contributed by atoms with Crippen LogP contribution in [0, 0.1) is 5.92 Å². The lowest BCUT2D eigenvalue weighted by atomic mass is 10.1. The molecular formula is C17H23NO4S. The number of amides is 1. The number of nitrogens with zero attached hydrogens (tertiary/aromatic N) is 1. The minimum absolute atomic E-state index is 0.0489. The average Bonchev–Trinajstić information content (AvgIpc) is 2.85. The number of carbonyl (C=O) groups excluding carboxylic acids is 1. The highest BCUT2D eigenvalue weighted by atomic mass is 32.2. The SMILES string of the molecule is CCOc1ccc(/C=C\C(=O)N(C)C[C@H]2CCS(=O)(=O)C2)cc1. The molecule has 23 heavy (non-hydrogen) atoms. The maximum absolute atomic E-state index is 12.1. The van der Waals surface area contributed by atoms with Crippen molar-refractivity contribution in [3.8, 4) is 5.75 Å². The highest BCUT2D eigenvalue weighted by molar-refractivity contribution is 7.91. The standard InChI is InChI=1S/C17H23NO4S/c1-3-22-16-7-4-14(5-8-16)6-9-17(19)18(2)12-15-10-11-23(20,21)13-15/h4-9,15H,3,10-13H2,1-2H3/b9-6-/t15-/m1/s1. The maximum Gasteiger partial charge on any atom is 0.246 e. The highest BCUT2D eigenvalue weighted by Gasteiger charge is 2.29. The Morgan fingerprint density at radius 3 is 2.61 bits per heavy atom.